The fourth-order valence-corrected chi connectivity index (χ4v) is 3.67. The van der Waals surface area contributed by atoms with Gasteiger partial charge in [0.2, 0.25) is 0 Å². The Bertz CT molecular complexity index is 485. The second-order valence-corrected chi connectivity index (χ2v) is 7.41. The van der Waals surface area contributed by atoms with Gasteiger partial charge in [-0.3, -0.25) is 4.79 Å². The van der Waals surface area contributed by atoms with Crippen LogP contribution in [0.1, 0.15) is 43.5 Å². The quantitative estimate of drug-likeness (QED) is 0.629. The van der Waals surface area contributed by atoms with Gasteiger partial charge in [-0.15, -0.1) is 0 Å². The second kappa shape index (κ2) is 6.12. The van der Waals surface area contributed by atoms with Crippen molar-refractivity contribution < 1.29 is 4.79 Å². The van der Waals surface area contributed by atoms with Crippen molar-refractivity contribution in [1.29, 1.82) is 0 Å². The van der Waals surface area contributed by atoms with Crippen molar-refractivity contribution >= 4 is 44.4 Å². The molecule has 104 valence electrons. The molecule has 1 aliphatic rings. The topological polar surface area (TPSA) is 20.3 Å². The molecular formula is C15H19BrINO. The van der Waals surface area contributed by atoms with E-state index >= 15 is 0 Å². The zero-order valence-electron chi connectivity index (χ0n) is 11.4. The Morgan fingerprint density at radius 2 is 2.11 bits per heavy atom. The maximum Gasteiger partial charge on any atom is 0.255 e. The lowest BCUT2D eigenvalue weighted by Crippen LogP contribution is -2.32. The normalized spacial score (nSPS) is 17.8. The highest BCUT2D eigenvalue weighted by atomic mass is 127. The highest BCUT2D eigenvalue weighted by Gasteiger charge is 2.37. The molecule has 1 saturated heterocycles. The van der Waals surface area contributed by atoms with E-state index in [9.17, 15) is 4.79 Å². The van der Waals surface area contributed by atoms with Crippen LogP contribution >= 0.6 is 38.5 Å². The molecule has 0 aromatic heterocycles. The van der Waals surface area contributed by atoms with Gasteiger partial charge in [0.1, 0.15) is 0 Å². The molecule has 0 spiro atoms. The number of hydrogen-bond donors (Lipinski definition) is 0. The van der Waals surface area contributed by atoms with E-state index in [4.69, 9.17) is 0 Å². The van der Waals surface area contributed by atoms with Crippen molar-refractivity contribution in [2.24, 2.45) is 5.41 Å². The number of amides is 1. The minimum absolute atomic E-state index is 0.161. The van der Waals surface area contributed by atoms with Crippen LogP contribution in [-0.4, -0.2) is 23.9 Å². The van der Waals surface area contributed by atoms with Crippen LogP contribution in [0.2, 0.25) is 0 Å². The summed E-state index contributed by atoms with van der Waals surface area (Å²) in [5.74, 6) is 0.161. The van der Waals surface area contributed by atoms with Gasteiger partial charge >= 0.3 is 0 Å². The van der Waals surface area contributed by atoms with Crippen LogP contribution in [0.15, 0.2) is 22.7 Å². The molecule has 4 heteroatoms. The first kappa shape index (κ1) is 15.3. The molecule has 0 atom stereocenters. The maximum atomic E-state index is 12.6. The molecule has 0 radical (unpaired) electrons. The molecule has 0 saturated carbocycles. The molecule has 2 nitrogen and oxygen atoms in total. The lowest BCUT2D eigenvalue weighted by Gasteiger charge is -2.26. The van der Waals surface area contributed by atoms with Gasteiger partial charge in [-0.05, 0) is 81.4 Å². The van der Waals surface area contributed by atoms with Crippen LogP contribution in [0.5, 0.6) is 0 Å². The molecule has 19 heavy (non-hydrogen) atoms. The van der Waals surface area contributed by atoms with Gasteiger partial charge < -0.3 is 4.90 Å². The molecule has 1 heterocycles. The molecule has 2 rings (SSSR count). The van der Waals surface area contributed by atoms with E-state index in [1.165, 1.54) is 0 Å². The summed E-state index contributed by atoms with van der Waals surface area (Å²) in [5.41, 5.74) is 1.12. The molecule has 1 aromatic carbocycles. The van der Waals surface area contributed by atoms with Crippen molar-refractivity contribution in [1.82, 2.24) is 4.90 Å². The second-order valence-electron chi connectivity index (χ2n) is 5.31. The summed E-state index contributed by atoms with van der Waals surface area (Å²) in [5, 5.41) is 0. The number of rotatable bonds is 3. The number of nitrogens with zero attached hydrogens (tertiary/aromatic N) is 1. The molecule has 0 aliphatic carbocycles. The van der Waals surface area contributed by atoms with E-state index in [1.54, 1.807) is 0 Å². The zero-order chi connectivity index (χ0) is 14.0. The van der Waals surface area contributed by atoms with Crippen LogP contribution in [-0.2, 0) is 0 Å². The molecule has 1 aromatic rings. The van der Waals surface area contributed by atoms with Gasteiger partial charge in [0, 0.05) is 21.1 Å². The van der Waals surface area contributed by atoms with E-state index in [-0.39, 0.29) is 5.91 Å². The summed E-state index contributed by atoms with van der Waals surface area (Å²) in [6.45, 7) is 6.26. The molecule has 0 unspecified atom stereocenters. The number of halogens is 2. The number of carbonyl (C=O) groups excluding carboxylic acids is 1. The van der Waals surface area contributed by atoms with Crippen LogP contribution < -0.4 is 0 Å². The minimum atomic E-state index is 0.161. The van der Waals surface area contributed by atoms with E-state index in [0.29, 0.717) is 5.41 Å². The highest BCUT2D eigenvalue weighted by molar-refractivity contribution is 14.1. The van der Waals surface area contributed by atoms with Gasteiger partial charge in [0.25, 0.3) is 5.91 Å². The summed E-state index contributed by atoms with van der Waals surface area (Å²) in [4.78, 5) is 14.6. The molecule has 0 N–H and O–H groups in total. The Balaban J connectivity index is 2.20. The van der Waals surface area contributed by atoms with Crippen molar-refractivity contribution in [3.8, 4) is 0 Å². The lowest BCUT2D eigenvalue weighted by atomic mass is 9.82. The van der Waals surface area contributed by atoms with E-state index in [0.717, 1.165) is 46.0 Å². The SMILES string of the molecule is CCC1(CC)CCN(C(=O)c2cc(I)ccc2Br)C1. The Kier molecular flexibility index (Phi) is 4.93. The average molecular weight is 436 g/mol. The number of carbonyl (C=O) groups is 1. The summed E-state index contributed by atoms with van der Waals surface area (Å²) in [6.07, 6.45) is 3.44. The standard InChI is InChI=1S/C15H19BrINO/c1-3-15(4-2)7-8-18(10-15)14(19)12-9-11(17)5-6-13(12)16/h5-6,9H,3-4,7-8,10H2,1-2H3. The Morgan fingerprint density at radius 3 is 2.68 bits per heavy atom. The average Bonchev–Trinajstić information content (AvgIpc) is 2.86. The molecule has 1 amide bonds. The van der Waals surface area contributed by atoms with Gasteiger partial charge in [0.15, 0.2) is 0 Å². The zero-order valence-corrected chi connectivity index (χ0v) is 15.1. The van der Waals surface area contributed by atoms with Crippen molar-refractivity contribution in [3.63, 3.8) is 0 Å². The first-order valence-electron chi connectivity index (χ1n) is 6.75. The Labute approximate surface area is 137 Å². The maximum absolute atomic E-state index is 12.6. The minimum Gasteiger partial charge on any atom is -0.338 e. The first-order chi connectivity index (χ1) is 9.01. The fourth-order valence-electron chi connectivity index (χ4n) is 2.77. The Morgan fingerprint density at radius 1 is 1.42 bits per heavy atom. The van der Waals surface area contributed by atoms with Gasteiger partial charge in [-0.25, -0.2) is 0 Å². The molecular weight excluding hydrogens is 417 g/mol. The number of likely N-dealkylation sites (tertiary alicyclic amines) is 1. The van der Waals surface area contributed by atoms with Crippen LogP contribution in [0.4, 0.5) is 0 Å². The van der Waals surface area contributed by atoms with E-state index < -0.39 is 0 Å². The summed E-state index contributed by atoms with van der Waals surface area (Å²) < 4.78 is 1.99. The third-order valence-electron chi connectivity index (χ3n) is 4.38. The smallest absolute Gasteiger partial charge is 0.255 e. The predicted octanol–water partition coefficient (Wildman–Crippen LogP) is 4.71. The third-order valence-corrected chi connectivity index (χ3v) is 5.75. The summed E-state index contributed by atoms with van der Waals surface area (Å²) in [7, 11) is 0. The van der Waals surface area contributed by atoms with Crippen LogP contribution in [0, 0.1) is 8.99 Å². The number of hydrogen-bond acceptors (Lipinski definition) is 1. The monoisotopic (exact) mass is 435 g/mol. The Hall–Kier alpha value is -0.100. The van der Waals surface area contributed by atoms with E-state index in [1.807, 2.05) is 23.1 Å². The largest absolute Gasteiger partial charge is 0.338 e. The van der Waals surface area contributed by atoms with Crippen molar-refractivity contribution in [3.05, 3.63) is 31.8 Å². The van der Waals surface area contributed by atoms with E-state index in [2.05, 4.69) is 52.4 Å². The number of benzene rings is 1. The molecule has 1 fully saturated rings. The van der Waals surface area contributed by atoms with Gasteiger partial charge in [-0.2, -0.15) is 0 Å². The van der Waals surface area contributed by atoms with Crippen LogP contribution in [0.3, 0.4) is 0 Å². The third kappa shape index (κ3) is 3.15. The summed E-state index contributed by atoms with van der Waals surface area (Å²) in [6, 6.07) is 5.93. The first-order valence-corrected chi connectivity index (χ1v) is 8.63. The van der Waals surface area contributed by atoms with Crippen LogP contribution in [0.25, 0.3) is 0 Å². The van der Waals surface area contributed by atoms with Crippen molar-refractivity contribution in [2.75, 3.05) is 13.1 Å². The fraction of sp³-hybridized carbons (Fsp3) is 0.533. The predicted molar refractivity (Wildman–Crippen MR) is 90.4 cm³/mol. The molecule has 1 aliphatic heterocycles. The van der Waals surface area contributed by atoms with Gasteiger partial charge in [-0.1, -0.05) is 13.8 Å². The highest BCUT2D eigenvalue weighted by Crippen LogP contribution is 2.38. The van der Waals surface area contributed by atoms with Gasteiger partial charge in [0.05, 0.1) is 5.56 Å². The summed E-state index contributed by atoms with van der Waals surface area (Å²) >= 11 is 5.74. The van der Waals surface area contributed by atoms with Crippen molar-refractivity contribution in [2.45, 2.75) is 33.1 Å². The molecule has 0 bridgehead atoms. The lowest BCUT2D eigenvalue weighted by molar-refractivity contribution is 0.0769.